The maximum Gasteiger partial charge on any atom is 0.129 e. The Morgan fingerprint density at radius 2 is 1.90 bits per heavy atom. The van der Waals surface area contributed by atoms with Crippen LogP contribution >= 0.6 is 15.9 Å². The summed E-state index contributed by atoms with van der Waals surface area (Å²) < 4.78 is 12.2. The lowest BCUT2D eigenvalue weighted by atomic mass is 10.2. The minimum absolute atomic E-state index is 0.474. The standard InChI is InChI=1S/C16H20BrNO2/c1-12(2)18-8-14-7-16(20-10-14)11-19-9-13-3-5-15(17)6-4-13/h3-7,10,12,18H,8-9,11H2,1-2H3. The van der Waals surface area contributed by atoms with Crippen LogP contribution < -0.4 is 5.32 Å². The van der Waals surface area contributed by atoms with Gasteiger partial charge in [-0.3, -0.25) is 0 Å². The third kappa shape index (κ3) is 5.12. The third-order valence-corrected chi connectivity index (χ3v) is 3.38. The van der Waals surface area contributed by atoms with Crippen LogP contribution in [-0.4, -0.2) is 6.04 Å². The van der Waals surface area contributed by atoms with E-state index in [9.17, 15) is 0 Å². The van der Waals surface area contributed by atoms with Crippen molar-refractivity contribution in [1.82, 2.24) is 5.32 Å². The molecule has 0 unspecified atom stereocenters. The molecule has 20 heavy (non-hydrogen) atoms. The summed E-state index contributed by atoms with van der Waals surface area (Å²) >= 11 is 3.42. The fourth-order valence-corrected chi connectivity index (χ4v) is 2.03. The number of rotatable bonds is 7. The summed E-state index contributed by atoms with van der Waals surface area (Å²) in [7, 11) is 0. The van der Waals surface area contributed by atoms with Crippen LogP contribution in [0.5, 0.6) is 0 Å². The molecule has 2 aromatic rings. The lowest BCUT2D eigenvalue weighted by molar-refractivity contribution is 0.0929. The Balaban J connectivity index is 1.75. The maximum atomic E-state index is 5.66. The van der Waals surface area contributed by atoms with Crippen molar-refractivity contribution in [1.29, 1.82) is 0 Å². The van der Waals surface area contributed by atoms with E-state index >= 15 is 0 Å². The zero-order valence-electron chi connectivity index (χ0n) is 11.9. The first-order valence-electron chi connectivity index (χ1n) is 6.75. The van der Waals surface area contributed by atoms with E-state index in [0.717, 1.165) is 27.9 Å². The van der Waals surface area contributed by atoms with Gasteiger partial charge < -0.3 is 14.5 Å². The van der Waals surface area contributed by atoms with E-state index in [4.69, 9.17) is 9.15 Å². The van der Waals surface area contributed by atoms with Crippen LogP contribution in [-0.2, 0) is 24.5 Å². The molecule has 0 amide bonds. The molecule has 3 nitrogen and oxygen atoms in total. The van der Waals surface area contributed by atoms with Gasteiger partial charge in [-0.15, -0.1) is 0 Å². The molecule has 0 radical (unpaired) electrons. The lowest BCUT2D eigenvalue weighted by Crippen LogP contribution is -2.21. The van der Waals surface area contributed by atoms with Gasteiger partial charge in [-0.25, -0.2) is 0 Å². The highest BCUT2D eigenvalue weighted by Crippen LogP contribution is 2.13. The molecule has 1 N–H and O–H groups in total. The fraction of sp³-hybridized carbons (Fsp3) is 0.375. The van der Waals surface area contributed by atoms with Crippen molar-refractivity contribution in [2.75, 3.05) is 0 Å². The van der Waals surface area contributed by atoms with E-state index < -0.39 is 0 Å². The molecule has 0 aliphatic carbocycles. The molecule has 1 aromatic heterocycles. The molecule has 4 heteroatoms. The molecular weight excluding hydrogens is 318 g/mol. The second-order valence-corrected chi connectivity index (χ2v) is 5.99. The summed E-state index contributed by atoms with van der Waals surface area (Å²) in [5.74, 6) is 0.864. The zero-order valence-corrected chi connectivity index (χ0v) is 13.4. The highest BCUT2D eigenvalue weighted by atomic mass is 79.9. The number of furan rings is 1. The van der Waals surface area contributed by atoms with Crippen LogP contribution in [0.25, 0.3) is 0 Å². The van der Waals surface area contributed by atoms with E-state index in [1.165, 1.54) is 0 Å². The first-order chi connectivity index (χ1) is 9.63. The van der Waals surface area contributed by atoms with Crippen molar-refractivity contribution in [3.8, 4) is 0 Å². The average Bonchev–Trinajstić information content (AvgIpc) is 2.87. The molecule has 0 bridgehead atoms. The zero-order chi connectivity index (χ0) is 14.4. The Kier molecular flexibility index (Phi) is 5.83. The molecule has 108 valence electrons. The van der Waals surface area contributed by atoms with Crippen molar-refractivity contribution >= 4 is 15.9 Å². The summed E-state index contributed by atoms with van der Waals surface area (Å²) in [4.78, 5) is 0. The topological polar surface area (TPSA) is 34.4 Å². The third-order valence-electron chi connectivity index (χ3n) is 2.85. The van der Waals surface area contributed by atoms with Gasteiger partial charge in [-0.2, -0.15) is 0 Å². The van der Waals surface area contributed by atoms with Gasteiger partial charge in [-0.05, 0) is 23.8 Å². The molecular formula is C16H20BrNO2. The van der Waals surface area contributed by atoms with Gasteiger partial charge in [0.25, 0.3) is 0 Å². The highest BCUT2D eigenvalue weighted by molar-refractivity contribution is 9.10. The summed E-state index contributed by atoms with van der Waals surface area (Å²) in [5.41, 5.74) is 2.31. The average molecular weight is 338 g/mol. The van der Waals surface area contributed by atoms with Crippen molar-refractivity contribution in [3.05, 3.63) is 58.0 Å². The minimum Gasteiger partial charge on any atom is -0.467 e. The molecule has 0 aliphatic rings. The number of benzene rings is 1. The molecule has 0 spiro atoms. The molecule has 2 rings (SSSR count). The molecule has 0 saturated carbocycles. The Bertz CT molecular complexity index is 520. The fourth-order valence-electron chi connectivity index (χ4n) is 1.77. The molecule has 1 aromatic carbocycles. The van der Waals surface area contributed by atoms with Crippen LogP contribution in [0, 0.1) is 0 Å². The van der Waals surface area contributed by atoms with Crippen LogP contribution in [0.4, 0.5) is 0 Å². The predicted molar refractivity (Wildman–Crippen MR) is 83.3 cm³/mol. The second kappa shape index (κ2) is 7.62. The van der Waals surface area contributed by atoms with Crippen LogP contribution in [0.2, 0.25) is 0 Å². The number of ether oxygens (including phenoxy) is 1. The van der Waals surface area contributed by atoms with Gasteiger partial charge in [0.05, 0.1) is 12.9 Å². The van der Waals surface area contributed by atoms with Gasteiger partial charge in [0, 0.05) is 22.6 Å². The molecule has 0 atom stereocenters. The van der Waals surface area contributed by atoms with Crippen LogP contribution in [0.15, 0.2) is 45.5 Å². The predicted octanol–water partition coefficient (Wildman–Crippen LogP) is 4.26. The van der Waals surface area contributed by atoms with Crippen LogP contribution in [0.1, 0.15) is 30.7 Å². The summed E-state index contributed by atoms with van der Waals surface area (Å²) in [6.07, 6.45) is 1.79. The van der Waals surface area contributed by atoms with E-state index in [0.29, 0.717) is 19.3 Å². The molecule has 0 aliphatic heterocycles. The Labute approximate surface area is 128 Å². The SMILES string of the molecule is CC(C)NCc1coc(COCc2ccc(Br)cc2)c1. The highest BCUT2D eigenvalue weighted by Gasteiger charge is 2.03. The van der Waals surface area contributed by atoms with Gasteiger partial charge in [0.15, 0.2) is 0 Å². The van der Waals surface area contributed by atoms with Crippen molar-refractivity contribution < 1.29 is 9.15 Å². The maximum absolute atomic E-state index is 5.66. The van der Waals surface area contributed by atoms with Gasteiger partial charge >= 0.3 is 0 Å². The first-order valence-corrected chi connectivity index (χ1v) is 7.54. The minimum atomic E-state index is 0.474. The monoisotopic (exact) mass is 337 g/mol. The summed E-state index contributed by atoms with van der Waals surface area (Å²) in [5, 5.41) is 3.36. The quantitative estimate of drug-likeness (QED) is 0.819. The number of hydrogen-bond donors (Lipinski definition) is 1. The largest absolute Gasteiger partial charge is 0.467 e. The number of halogens is 1. The van der Waals surface area contributed by atoms with E-state index in [2.05, 4.69) is 35.1 Å². The number of hydrogen-bond acceptors (Lipinski definition) is 3. The van der Waals surface area contributed by atoms with Crippen molar-refractivity contribution in [3.63, 3.8) is 0 Å². The summed E-state index contributed by atoms with van der Waals surface area (Å²) in [6, 6.07) is 10.6. The molecule has 0 saturated heterocycles. The smallest absolute Gasteiger partial charge is 0.129 e. The Morgan fingerprint density at radius 3 is 2.60 bits per heavy atom. The van der Waals surface area contributed by atoms with E-state index in [1.54, 1.807) is 6.26 Å². The van der Waals surface area contributed by atoms with Crippen molar-refractivity contribution in [2.24, 2.45) is 0 Å². The van der Waals surface area contributed by atoms with Gasteiger partial charge in [-0.1, -0.05) is 41.9 Å². The number of nitrogens with one attached hydrogen (secondary N) is 1. The Hall–Kier alpha value is -1.10. The van der Waals surface area contributed by atoms with E-state index in [1.807, 2.05) is 30.3 Å². The van der Waals surface area contributed by atoms with E-state index in [-0.39, 0.29) is 0 Å². The molecule has 1 heterocycles. The van der Waals surface area contributed by atoms with Crippen molar-refractivity contribution in [2.45, 2.75) is 39.6 Å². The van der Waals surface area contributed by atoms with Gasteiger partial charge in [0.2, 0.25) is 0 Å². The van der Waals surface area contributed by atoms with Crippen LogP contribution in [0.3, 0.4) is 0 Å². The first kappa shape index (κ1) is 15.3. The second-order valence-electron chi connectivity index (χ2n) is 5.08. The van der Waals surface area contributed by atoms with Gasteiger partial charge in [0.1, 0.15) is 12.4 Å². The summed E-state index contributed by atoms with van der Waals surface area (Å²) in [6.45, 7) is 6.17. The lowest BCUT2D eigenvalue weighted by Gasteiger charge is -2.04. The molecule has 0 fully saturated rings. The Morgan fingerprint density at radius 1 is 1.15 bits per heavy atom. The normalized spacial score (nSPS) is 11.2.